The number of benzene rings is 1. The van der Waals surface area contributed by atoms with E-state index in [1.54, 1.807) is 0 Å². The third-order valence-electron chi connectivity index (χ3n) is 4.58. The Labute approximate surface area is 132 Å². The molecule has 22 heavy (non-hydrogen) atoms. The fraction of sp³-hybridized carbons (Fsp3) is 0.611. The summed E-state index contributed by atoms with van der Waals surface area (Å²) in [5.41, 5.74) is 1.01. The molecule has 1 atom stereocenters. The first kappa shape index (κ1) is 15.3. The molecule has 1 amide bonds. The maximum Gasteiger partial charge on any atom is 0.407 e. The van der Waals surface area contributed by atoms with Gasteiger partial charge in [0, 0.05) is 18.1 Å². The standard InChI is InChI=1S/C18H26N2O2/c1-13(9-14-7-8-14)19-16-10-17(11-16)20-18(21)22-12-15-5-3-2-4-6-15/h2-6,13-14,16-17,19H,7-12H2,1H3,(H,20,21). The minimum absolute atomic E-state index is 0.258. The van der Waals surface area contributed by atoms with Crippen molar-refractivity contribution in [2.24, 2.45) is 5.92 Å². The highest BCUT2D eigenvalue weighted by Gasteiger charge is 2.32. The first-order valence-electron chi connectivity index (χ1n) is 8.42. The van der Waals surface area contributed by atoms with Gasteiger partial charge in [-0.1, -0.05) is 43.2 Å². The average Bonchev–Trinajstić information content (AvgIpc) is 3.28. The Morgan fingerprint density at radius 2 is 1.95 bits per heavy atom. The molecule has 0 spiro atoms. The van der Waals surface area contributed by atoms with Crippen molar-refractivity contribution < 1.29 is 9.53 Å². The molecule has 1 aromatic rings. The summed E-state index contributed by atoms with van der Waals surface area (Å²) in [6, 6.07) is 11.2. The van der Waals surface area contributed by atoms with Crippen LogP contribution >= 0.6 is 0 Å². The monoisotopic (exact) mass is 302 g/mol. The SMILES string of the molecule is CC(CC1CC1)NC1CC(NC(=O)OCc2ccccc2)C1. The van der Waals surface area contributed by atoms with Crippen molar-refractivity contribution in [2.45, 2.75) is 63.8 Å². The first-order valence-corrected chi connectivity index (χ1v) is 8.42. The van der Waals surface area contributed by atoms with Gasteiger partial charge in [-0.05, 0) is 37.7 Å². The van der Waals surface area contributed by atoms with E-state index >= 15 is 0 Å². The van der Waals surface area contributed by atoms with E-state index in [-0.39, 0.29) is 12.1 Å². The lowest BCUT2D eigenvalue weighted by molar-refractivity contribution is 0.124. The van der Waals surface area contributed by atoms with Gasteiger partial charge in [-0.2, -0.15) is 0 Å². The van der Waals surface area contributed by atoms with Crippen LogP contribution in [0, 0.1) is 5.92 Å². The van der Waals surface area contributed by atoms with Gasteiger partial charge in [-0.3, -0.25) is 0 Å². The van der Waals surface area contributed by atoms with E-state index in [1.807, 2.05) is 30.3 Å². The Balaban J connectivity index is 1.27. The van der Waals surface area contributed by atoms with Crippen LogP contribution in [-0.4, -0.2) is 24.2 Å². The van der Waals surface area contributed by atoms with Crippen molar-refractivity contribution in [3.05, 3.63) is 35.9 Å². The van der Waals surface area contributed by atoms with Crippen molar-refractivity contribution >= 4 is 6.09 Å². The average molecular weight is 302 g/mol. The minimum atomic E-state index is -0.307. The smallest absolute Gasteiger partial charge is 0.407 e. The molecule has 1 aromatic carbocycles. The van der Waals surface area contributed by atoms with Gasteiger partial charge < -0.3 is 15.4 Å². The van der Waals surface area contributed by atoms with Crippen molar-refractivity contribution in [1.29, 1.82) is 0 Å². The molecular formula is C18H26N2O2. The summed E-state index contributed by atoms with van der Waals surface area (Å²) in [6.45, 7) is 2.60. The summed E-state index contributed by atoms with van der Waals surface area (Å²) < 4.78 is 5.24. The molecular weight excluding hydrogens is 276 g/mol. The van der Waals surface area contributed by atoms with Gasteiger partial charge in [0.2, 0.25) is 0 Å². The third kappa shape index (κ3) is 4.73. The number of hydrogen-bond donors (Lipinski definition) is 2. The maximum absolute atomic E-state index is 11.7. The van der Waals surface area contributed by atoms with Crippen LogP contribution in [0.1, 0.15) is 44.6 Å². The fourth-order valence-corrected chi connectivity index (χ4v) is 3.13. The van der Waals surface area contributed by atoms with E-state index in [0.29, 0.717) is 18.7 Å². The van der Waals surface area contributed by atoms with Gasteiger partial charge in [-0.25, -0.2) is 4.79 Å². The Hall–Kier alpha value is -1.55. The predicted octanol–water partition coefficient (Wildman–Crippen LogP) is 3.22. The Morgan fingerprint density at radius 1 is 1.23 bits per heavy atom. The number of nitrogens with one attached hydrogen (secondary N) is 2. The number of carbonyl (C=O) groups excluding carboxylic acids is 1. The molecule has 4 heteroatoms. The third-order valence-corrected chi connectivity index (χ3v) is 4.58. The number of ether oxygens (including phenoxy) is 1. The Morgan fingerprint density at radius 3 is 2.64 bits per heavy atom. The number of alkyl carbamates (subject to hydrolysis) is 1. The van der Waals surface area contributed by atoms with Crippen molar-refractivity contribution in [2.75, 3.05) is 0 Å². The Kier molecular flexibility index (Phi) is 4.98. The van der Waals surface area contributed by atoms with Gasteiger partial charge >= 0.3 is 6.09 Å². The molecule has 2 saturated carbocycles. The molecule has 4 nitrogen and oxygen atoms in total. The maximum atomic E-state index is 11.7. The van der Waals surface area contributed by atoms with Crippen molar-refractivity contribution in [3.63, 3.8) is 0 Å². The largest absolute Gasteiger partial charge is 0.445 e. The van der Waals surface area contributed by atoms with Crippen molar-refractivity contribution in [3.8, 4) is 0 Å². The molecule has 0 heterocycles. The number of carbonyl (C=O) groups is 1. The van der Waals surface area contributed by atoms with Crippen LogP contribution in [0.2, 0.25) is 0 Å². The predicted molar refractivity (Wildman–Crippen MR) is 86.5 cm³/mol. The summed E-state index contributed by atoms with van der Waals surface area (Å²) in [4.78, 5) is 11.7. The normalized spacial score (nSPS) is 25.1. The van der Waals surface area contributed by atoms with Crippen LogP contribution in [-0.2, 0) is 11.3 Å². The lowest BCUT2D eigenvalue weighted by Gasteiger charge is -2.38. The van der Waals surface area contributed by atoms with Crippen LogP contribution in [0.5, 0.6) is 0 Å². The quantitative estimate of drug-likeness (QED) is 0.813. The number of hydrogen-bond acceptors (Lipinski definition) is 3. The summed E-state index contributed by atoms with van der Waals surface area (Å²) in [6.07, 6.45) is 5.83. The Bertz CT molecular complexity index is 481. The van der Waals surface area contributed by atoms with Crippen molar-refractivity contribution in [1.82, 2.24) is 10.6 Å². The molecule has 0 bridgehead atoms. The second-order valence-corrected chi connectivity index (χ2v) is 6.82. The van der Waals surface area contributed by atoms with E-state index in [4.69, 9.17) is 4.74 Å². The van der Waals surface area contributed by atoms with Gasteiger partial charge in [0.1, 0.15) is 6.61 Å². The fourth-order valence-electron chi connectivity index (χ4n) is 3.13. The highest BCUT2D eigenvalue weighted by molar-refractivity contribution is 5.67. The second-order valence-electron chi connectivity index (χ2n) is 6.82. The molecule has 120 valence electrons. The van der Waals surface area contributed by atoms with Crippen LogP contribution in [0.3, 0.4) is 0 Å². The topological polar surface area (TPSA) is 50.4 Å². The summed E-state index contributed by atoms with van der Waals surface area (Å²) in [5.74, 6) is 0.962. The van der Waals surface area contributed by atoms with Gasteiger partial charge in [-0.15, -0.1) is 0 Å². The van der Waals surface area contributed by atoms with E-state index < -0.39 is 0 Å². The second kappa shape index (κ2) is 7.14. The number of amides is 1. The highest BCUT2D eigenvalue weighted by Crippen LogP contribution is 2.34. The summed E-state index contributed by atoms with van der Waals surface area (Å²) in [7, 11) is 0. The lowest BCUT2D eigenvalue weighted by Crippen LogP contribution is -2.54. The zero-order valence-corrected chi connectivity index (χ0v) is 13.3. The first-order chi connectivity index (χ1) is 10.7. The molecule has 2 aliphatic carbocycles. The minimum Gasteiger partial charge on any atom is -0.445 e. The van der Waals surface area contributed by atoms with Crippen LogP contribution in [0.15, 0.2) is 30.3 Å². The highest BCUT2D eigenvalue weighted by atomic mass is 16.5. The molecule has 2 aliphatic rings. The van der Waals surface area contributed by atoms with E-state index in [0.717, 1.165) is 24.3 Å². The van der Waals surface area contributed by atoms with Crippen LogP contribution in [0.4, 0.5) is 4.79 Å². The summed E-state index contributed by atoms with van der Waals surface area (Å²) >= 11 is 0. The molecule has 0 aliphatic heterocycles. The van der Waals surface area contributed by atoms with E-state index in [1.165, 1.54) is 19.3 Å². The van der Waals surface area contributed by atoms with E-state index in [2.05, 4.69) is 17.6 Å². The van der Waals surface area contributed by atoms with Crippen LogP contribution < -0.4 is 10.6 Å². The lowest BCUT2D eigenvalue weighted by atomic mass is 9.86. The summed E-state index contributed by atoms with van der Waals surface area (Å²) in [5, 5.41) is 6.60. The zero-order valence-electron chi connectivity index (χ0n) is 13.3. The number of rotatable bonds is 7. The van der Waals surface area contributed by atoms with Gasteiger partial charge in [0.05, 0.1) is 0 Å². The molecule has 0 saturated heterocycles. The molecule has 0 radical (unpaired) electrons. The zero-order chi connectivity index (χ0) is 15.4. The van der Waals surface area contributed by atoms with Gasteiger partial charge in [0.15, 0.2) is 0 Å². The molecule has 2 N–H and O–H groups in total. The molecule has 3 rings (SSSR count). The van der Waals surface area contributed by atoms with Crippen LogP contribution in [0.25, 0.3) is 0 Å². The van der Waals surface area contributed by atoms with Gasteiger partial charge in [0.25, 0.3) is 0 Å². The molecule has 2 fully saturated rings. The molecule has 1 unspecified atom stereocenters. The van der Waals surface area contributed by atoms with E-state index in [9.17, 15) is 4.79 Å². The molecule has 0 aromatic heterocycles.